The molecule has 1 fully saturated rings. The summed E-state index contributed by atoms with van der Waals surface area (Å²) < 4.78 is 47.7. The number of amides is 1. The predicted molar refractivity (Wildman–Crippen MR) is 214 cm³/mol. The van der Waals surface area contributed by atoms with Gasteiger partial charge in [0.2, 0.25) is 0 Å². The number of alkyl halides is 2. The summed E-state index contributed by atoms with van der Waals surface area (Å²) in [6.07, 6.45) is 5.98. The molecule has 296 valence electrons. The van der Waals surface area contributed by atoms with Crippen LogP contribution in [0.4, 0.5) is 25.1 Å². The van der Waals surface area contributed by atoms with Gasteiger partial charge in [-0.25, -0.2) is 33.1 Å². The molecule has 6 aromatic rings. The van der Waals surface area contributed by atoms with Crippen LogP contribution in [0.5, 0.6) is 11.5 Å². The molecule has 0 atom stereocenters. The van der Waals surface area contributed by atoms with Crippen molar-refractivity contribution in [1.29, 1.82) is 0 Å². The van der Waals surface area contributed by atoms with Gasteiger partial charge in [0.05, 0.1) is 48.4 Å². The molecule has 0 aliphatic heterocycles. The van der Waals surface area contributed by atoms with Crippen molar-refractivity contribution in [3.8, 4) is 28.3 Å². The second-order valence-electron chi connectivity index (χ2n) is 15.1. The number of hydrogen-bond donors (Lipinski definition) is 1. The van der Waals surface area contributed by atoms with Crippen LogP contribution in [-0.4, -0.2) is 63.0 Å². The van der Waals surface area contributed by atoms with Crippen LogP contribution >= 0.6 is 0 Å². The van der Waals surface area contributed by atoms with Crippen molar-refractivity contribution >= 4 is 45.8 Å². The number of nitrogens with zero attached hydrogens (tertiary/aromatic N) is 6. The minimum Gasteiger partial charge on any atom is -0.496 e. The highest BCUT2D eigenvalue weighted by Gasteiger charge is 2.32. The Kier molecular flexibility index (Phi) is 11.2. The largest absolute Gasteiger partial charge is 0.496 e. The van der Waals surface area contributed by atoms with Crippen LogP contribution in [0, 0.1) is 6.92 Å². The molecule has 12 nitrogen and oxygen atoms in total. The van der Waals surface area contributed by atoms with E-state index in [2.05, 4.69) is 20.3 Å². The number of anilines is 2. The SMILES string of the molecule is COc1cc(-n2ncc3c(-c4cccc(N(C(=O)OC(C)(C)C)c5nc(C(F)F)nc6cc(CNC7CCCCC7)cnc56)c4C)cccc32)cc(OC)c1C=O. The molecule has 1 aliphatic carbocycles. The number of nitrogens with one attached hydrogen (secondary N) is 1. The van der Waals surface area contributed by atoms with Crippen molar-refractivity contribution in [2.75, 3.05) is 19.1 Å². The number of halogens is 2. The highest BCUT2D eigenvalue weighted by atomic mass is 19.3. The Morgan fingerprint density at radius 2 is 1.68 bits per heavy atom. The maximum atomic E-state index is 14.5. The number of pyridine rings is 1. The van der Waals surface area contributed by atoms with Gasteiger partial charge in [-0.05, 0) is 81.0 Å². The summed E-state index contributed by atoms with van der Waals surface area (Å²) in [6.45, 7) is 7.54. The Hall–Kier alpha value is -6.02. The van der Waals surface area contributed by atoms with Crippen LogP contribution in [0.3, 0.4) is 0 Å². The maximum Gasteiger partial charge on any atom is 0.420 e. The third-order valence-corrected chi connectivity index (χ3v) is 10.1. The maximum absolute atomic E-state index is 14.5. The van der Waals surface area contributed by atoms with Crippen molar-refractivity contribution < 1.29 is 32.6 Å². The number of ether oxygens (including phenoxy) is 3. The van der Waals surface area contributed by atoms with E-state index in [-0.39, 0.29) is 22.4 Å². The van der Waals surface area contributed by atoms with Gasteiger partial charge in [-0.3, -0.25) is 9.78 Å². The first-order valence-electron chi connectivity index (χ1n) is 18.9. The van der Waals surface area contributed by atoms with Crippen LogP contribution in [0.1, 0.15) is 86.6 Å². The Balaban J connectivity index is 1.35. The molecule has 7 rings (SSSR count). The van der Waals surface area contributed by atoms with Crippen LogP contribution in [-0.2, 0) is 11.3 Å². The van der Waals surface area contributed by atoms with Gasteiger partial charge in [0.15, 0.2) is 17.9 Å². The molecule has 14 heteroatoms. The van der Waals surface area contributed by atoms with Crippen molar-refractivity contribution in [2.45, 2.75) is 84.4 Å². The highest BCUT2D eigenvalue weighted by Crippen LogP contribution is 2.40. The summed E-state index contributed by atoms with van der Waals surface area (Å²) in [5, 5.41) is 9.05. The monoisotopic (exact) mass is 777 g/mol. The predicted octanol–water partition coefficient (Wildman–Crippen LogP) is 9.60. The Morgan fingerprint density at radius 3 is 2.35 bits per heavy atom. The normalized spacial score (nSPS) is 13.6. The molecule has 3 aromatic heterocycles. The first-order chi connectivity index (χ1) is 27.4. The molecular weight excluding hydrogens is 733 g/mol. The molecule has 57 heavy (non-hydrogen) atoms. The number of fused-ring (bicyclic) bond motifs is 2. The number of aldehydes is 1. The lowest BCUT2D eigenvalue weighted by molar-refractivity contribution is 0.0597. The van der Waals surface area contributed by atoms with Crippen molar-refractivity contribution in [1.82, 2.24) is 30.0 Å². The number of methoxy groups -OCH3 is 2. The summed E-state index contributed by atoms with van der Waals surface area (Å²) >= 11 is 0. The van der Waals surface area contributed by atoms with E-state index in [1.807, 2.05) is 31.2 Å². The summed E-state index contributed by atoms with van der Waals surface area (Å²) in [5.41, 5.74) is 4.37. The number of hydrogen-bond acceptors (Lipinski definition) is 10. The molecule has 1 amide bonds. The molecule has 0 radical (unpaired) electrons. The van der Waals surface area contributed by atoms with Gasteiger partial charge in [-0.1, -0.05) is 43.5 Å². The molecular formula is C43H45F2N7O5. The van der Waals surface area contributed by atoms with E-state index in [1.165, 1.54) is 38.4 Å². The van der Waals surface area contributed by atoms with Gasteiger partial charge in [0.1, 0.15) is 22.6 Å². The fourth-order valence-corrected chi connectivity index (χ4v) is 7.40. The van der Waals surface area contributed by atoms with Gasteiger partial charge < -0.3 is 19.5 Å². The first-order valence-corrected chi connectivity index (χ1v) is 18.9. The fourth-order valence-electron chi connectivity index (χ4n) is 7.40. The van der Waals surface area contributed by atoms with E-state index in [1.54, 1.807) is 68.2 Å². The standard InChI is InChI=1S/C43H45F2N7O5/c1-25-29(30-15-11-17-35-31(30)23-48-52(35)28-19-36(55-5)32(24-53)37(20-28)56-6)14-10-16-34(25)51(42(54)57-43(2,3)4)41-38-33(49-40(50-41)39(44)45)18-26(22-47-38)21-46-27-12-8-7-9-13-27/h10-11,14-20,22-24,27,39,46H,7-9,12-13,21H2,1-6H3. The minimum absolute atomic E-state index is 0.121. The number of carbonyl (C=O) groups excluding carboxylic acids is 2. The summed E-state index contributed by atoms with van der Waals surface area (Å²) in [5.74, 6) is -0.187. The molecule has 1 aliphatic rings. The topological polar surface area (TPSA) is 134 Å². The molecule has 0 bridgehead atoms. The average Bonchev–Trinajstić information content (AvgIpc) is 3.64. The fraction of sp³-hybridized carbons (Fsp3) is 0.349. The lowest BCUT2D eigenvalue weighted by Gasteiger charge is -2.29. The number of aromatic nitrogens is 5. The third-order valence-electron chi connectivity index (χ3n) is 10.1. The van der Waals surface area contributed by atoms with Crippen LogP contribution in [0.2, 0.25) is 0 Å². The molecule has 0 spiro atoms. The van der Waals surface area contributed by atoms with Gasteiger partial charge >= 0.3 is 6.09 Å². The third kappa shape index (κ3) is 7.99. The van der Waals surface area contributed by atoms with Gasteiger partial charge in [0, 0.05) is 36.3 Å². The van der Waals surface area contributed by atoms with E-state index < -0.39 is 23.9 Å². The summed E-state index contributed by atoms with van der Waals surface area (Å²) in [6, 6.07) is 16.7. The molecule has 0 unspecified atom stereocenters. The Bertz CT molecular complexity index is 2430. The zero-order valence-electron chi connectivity index (χ0n) is 32.8. The minimum atomic E-state index is -3.02. The number of rotatable bonds is 11. The van der Waals surface area contributed by atoms with Crippen molar-refractivity contribution in [2.24, 2.45) is 0 Å². The van der Waals surface area contributed by atoms with E-state index in [9.17, 15) is 18.4 Å². The molecule has 0 saturated heterocycles. The quantitative estimate of drug-likeness (QED) is 0.127. The smallest absolute Gasteiger partial charge is 0.420 e. The van der Waals surface area contributed by atoms with E-state index >= 15 is 0 Å². The van der Waals surface area contributed by atoms with E-state index in [0.717, 1.165) is 40.4 Å². The van der Waals surface area contributed by atoms with Crippen LogP contribution in [0.15, 0.2) is 67.0 Å². The zero-order valence-corrected chi connectivity index (χ0v) is 32.8. The van der Waals surface area contributed by atoms with Gasteiger partial charge in [-0.15, -0.1) is 0 Å². The number of benzene rings is 3. The molecule has 3 heterocycles. The van der Waals surface area contributed by atoms with Gasteiger partial charge in [0.25, 0.3) is 6.43 Å². The zero-order chi connectivity index (χ0) is 40.4. The molecule has 1 saturated carbocycles. The Morgan fingerprint density at radius 1 is 0.982 bits per heavy atom. The lowest BCUT2D eigenvalue weighted by Crippen LogP contribution is -2.35. The summed E-state index contributed by atoms with van der Waals surface area (Å²) in [4.78, 5) is 40.5. The van der Waals surface area contributed by atoms with Crippen molar-refractivity contribution in [3.05, 3.63) is 89.5 Å². The second kappa shape index (κ2) is 16.2. The summed E-state index contributed by atoms with van der Waals surface area (Å²) in [7, 11) is 2.95. The molecule has 3 aromatic carbocycles. The van der Waals surface area contributed by atoms with Gasteiger partial charge in [-0.2, -0.15) is 5.10 Å². The Labute approximate surface area is 329 Å². The second-order valence-corrected chi connectivity index (χ2v) is 15.1. The average molecular weight is 778 g/mol. The first kappa shape index (κ1) is 39.2. The van der Waals surface area contributed by atoms with Crippen LogP contribution < -0.4 is 19.7 Å². The lowest BCUT2D eigenvalue weighted by atomic mass is 9.95. The highest BCUT2D eigenvalue weighted by molar-refractivity contribution is 6.05. The van der Waals surface area contributed by atoms with Crippen LogP contribution in [0.25, 0.3) is 38.8 Å². The van der Waals surface area contributed by atoms with E-state index in [0.29, 0.717) is 47.3 Å². The van der Waals surface area contributed by atoms with E-state index in [4.69, 9.17) is 19.3 Å². The molecule has 1 N–H and O–H groups in total. The number of carbonyl (C=O) groups is 2. The van der Waals surface area contributed by atoms with Crippen molar-refractivity contribution in [3.63, 3.8) is 0 Å².